The summed E-state index contributed by atoms with van der Waals surface area (Å²) in [5, 5.41) is 30.8. The standard InChI is InChI=1S/C16H24N2O5/c1-10(2)9-18(4)15(23)17-16(3,14(21)22)8-11-5-6-12(19)13(20)7-11/h5-7,10,19-20H,8-9H2,1-4H3,(H,17,23)(H,21,22)/t16-/m0/s1. The highest BCUT2D eigenvalue weighted by molar-refractivity contribution is 5.86. The smallest absolute Gasteiger partial charge is 0.329 e. The zero-order valence-electron chi connectivity index (χ0n) is 13.8. The molecular formula is C16H24N2O5. The molecule has 0 aliphatic carbocycles. The molecule has 1 rings (SSSR count). The molecule has 1 atom stereocenters. The normalized spacial score (nSPS) is 13.4. The molecule has 0 radical (unpaired) electrons. The van der Waals surface area contributed by atoms with Crippen LogP contribution in [-0.2, 0) is 11.2 Å². The zero-order valence-corrected chi connectivity index (χ0v) is 13.8. The van der Waals surface area contributed by atoms with Crippen molar-refractivity contribution in [2.75, 3.05) is 13.6 Å². The molecule has 7 nitrogen and oxygen atoms in total. The first kappa shape index (κ1) is 18.6. The van der Waals surface area contributed by atoms with E-state index in [1.807, 2.05) is 13.8 Å². The van der Waals surface area contributed by atoms with E-state index >= 15 is 0 Å². The summed E-state index contributed by atoms with van der Waals surface area (Å²) in [6.07, 6.45) is -0.0303. The van der Waals surface area contributed by atoms with E-state index in [0.717, 1.165) is 0 Å². The van der Waals surface area contributed by atoms with Gasteiger partial charge in [-0.1, -0.05) is 19.9 Å². The maximum Gasteiger partial charge on any atom is 0.329 e. The molecule has 0 aromatic heterocycles. The highest BCUT2D eigenvalue weighted by Gasteiger charge is 2.36. The molecule has 1 aromatic carbocycles. The lowest BCUT2D eigenvalue weighted by Crippen LogP contribution is -2.57. The van der Waals surface area contributed by atoms with E-state index in [1.165, 1.54) is 30.0 Å². The molecule has 0 fully saturated rings. The quantitative estimate of drug-likeness (QED) is 0.596. The summed E-state index contributed by atoms with van der Waals surface area (Å²) < 4.78 is 0. The SMILES string of the molecule is CC(C)CN(C)C(=O)N[C@@](C)(Cc1ccc(O)c(O)c1)C(=O)O. The molecule has 0 saturated carbocycles. The van der Waals surface area contributed by atoms with Gasteiger partial charge in [-0.15, -0.1) is 0 Å². The summed E-state index contributed by atoms with van der Waals surface area (Å²) >= 11 is 0. The van der Waals surface area contributed by atoms with Gasteiger partial charge in [-0.05, 0) is 30.5 Å². The van der Waals surface area contributed by atoms with Crippen molar-refractivity contribution in [2.24, 2.45) is 5.92 Å². The van der Waals surface area contributed by atoms with Crippen molar-refractivity contribution in [3.63, 3.8) is 0 Å². The Bertz CT molecular complexity index is 588. The molecule has 128 valence electrons. The summed E-state index contributed by atoms with van der Waals surface area (Å²) in [5.41, 5.74) is -1.05. The van der Waals surface area contributed by atoms with E-state index in [-0.39, 0.29) is 23.8 Å². The van der Waals surface area contributed by atoms with Crippen LogP contribution in [0.1, 0.15) is 26.3 Å². The molecule has 4 N–H and O–H groups in total. The molecule has 0 unspecified atom stereocenters. The Hall–Kier alpha value is -2.44. The average Bonchev–Trinajstić information content (AvgIpc) is 2.41. The number of nitrogens with one attached hydrogen (secondary N) is 1. The monoisotopic (exact) mass is 324 g/mol. The summed E-state index contributed by atoms with van der Waals surface area (Å²) in [4.78, 5) is 25.2. The van der Waals surface area contributed by atoms with Crippen LogP contribution in [-0.4, -0.2) is 51.4 Å². The molecular weight excluding hydrogens is 300 g/mol. The third-order valence-electron chi connectivity index (χ3n) is 3.44. The largest absolute Gasteiger partial charge is 0.504 e. The topological polar surface area (TPSA) is 110 Å². The molecule has 0 bridgehead atoms. The maximum atomic E-state index is 12.2. The third-order valence-corrected chi connectivity index (χ3v) is 3.44. The van der Waals surface area contributed by atoms with Crippen LogP contribution in [0, 0.1) is 5.92 Å². The molecule has 0 spiro atoms. The summed E-state index contributed by atoms with van der Waals surface area (Å²) in [7, 11) is 1.60. The van der Waals surface area contributed by atoms with E-state index < -0.39 is 17.5 Å². The number of carboxylic acid groups (broad SMARTS) is 1. The van der Waals surface area contributed by atoms with Crippen molar-refractivity contribution in [1.82, 2.24) is 10.2 Å². The number of carboxylic acids is 1. The number of nitrogens with zero attached hydrogens (tertiary/aromatic N) is 1. The summed E-state index contributed by atoms with van der Waals surface area (Å²) in [6, 6.07) is 3.58. The van der Waals surface area contributed by atoms with Gasteiger partial charge >= 0.3 is 12.0 Å². The number of carbonyl (C=O) groups is 2. The number of benzene rings is 1. The second-order valence-electron chi connectivity index (χ2n) is 6.34. The molecule has 0 aliphatic rings. The number of hydrogen-bond donors (Lipinski definition) is 4. The highest BCUT2D eigenvalue weighted by Crippen LogP contribution is 2.27. The molecule has 23 heavy (non-hydrogen) atoms. The van der Waals surface area contributed by atoms with Crippen molar-refractivity contribution in [3.8, 4) is 11.5 Å². The molecule has 7 heteroatoms. The van der Waals surface area contributed by atoms with Crippen molar-refractivity contribution in [2.45, 2.75) is 32.7 Å². The number of phenolic OH excluding ortho intramolecular Hbond substituents is 2. The fraction of sp³-hybridized carbons (Fsp3) is 0.500. The molecule has 0 aliphatic heterocycles. The molecule has 1 aromatic rings. The second kappa shape index (κ2) is 7.21. The molecule has 0 saturated heterocycles. The van der Waals surface area contributed by atoms with E-state index in [2.05, 4.69) is 5.32 Å². The van der Waals surface area contributed by atoms with Crippen LogP contribution < -0.4 is 5.32 Å². The Labute approximate surface area is 135 Å². The van der Waals surface area contributed by atoms with E-state index in [9.17, 15) is 24.9 Å². The van der Waals surface area contributed by atoms with Gasteiger partial charge in [0.2, 0.25) is 0 Å². The van der Waals surface area contributed by atoms with Gasteiger partial charge in [0, 0.05) is 20.0 Å². The number of aromatic hydroxyl groups is 2. The third kappa shape index (κ3) is 5.05. The van der Waals surface area contributed by atoms with Crippen molar-refractivity contribution >= 4 is 12.0 Å². The van der Waals surface area contributed by atoms with Crippen LogP contribution in [0.25, 0.3) is 0 Å². The van der Waals surface area contributed by atoms with Gasteiger partial charge in [-0.2, -0.15) is 0 Å². The minimum absolute atomic E-state index is 0.0303. The lowest BCUT2D eigenvalue weighted by molar-refractivity contribution is -0.143. The fourth-order valence-corrected chi connectivity index (χ4v) is 2.22. The second-order valence-corrected chi connectivity index (χ2v) is 6.34. The fourth-order valence-electron chi connectivity index (χ4n) is 2.22. The maximum absolute atomic E-state index is 12.2. The van der Waals surface area contributed by atoms with Gasteiger partial charge in [-0.25, -0.2) is 9.59 Å². The van der Waals surface area contributed by atoms with Crippen LogP contribution >= 0.6 is 0 Å². The van der Waals surface area contributed by atoms with Crippen LogP contribution in [0.15, 0.2) is 18.2 Å². The van der Waals surface area contributed by atoms with Gasteiger partial charge in [0.15, 0.2) is 11.5 Å². The van der Waals surface area contributed by atoms with E-state index in [4.69, 9.17) is 0 Å². The van der Waals surface area contributed by atoms with Gasteiger partial charge in [0.05, 0.1) is 0 Å². The number of amides is 2. The van der Waals surface area contributed by atoms with Crippen molar-refractivity contribution in [1.29, 1.82) is 0 Å². The number of rotatable bonds is 6. The average molecular weight is 324 g/mol. The van der Waals surface area contributed by atoms with Crippen molar-refractivity contribution in [3.05, 3.63) is 23.8 Å². The number of phenols is 2. The first-order valence-corrected chi connectivity index (χ1v) is 7.32. The van der Waals surface area contributed by atoms with Crippen LogP contribution in [0.2, 0.25) is 0 Å². The number of aliphatic carboxylic acids is 1. The highest BCUT2D eigenvalue weighted by atomic mass is 16.4. The minimum atomic E-state index is -1.54. The zero-order chi connectivity index (χ0) is 17.8. The minimum Gasteiger partial charge on any atom is -0.504 e. The lowest BCUT2D eigenvalue weighted by atomic mass is 9.92. The number of carbonyl (C=O) groups excluding carboxylic acids is 1. The van der Waals surface area contributed by atoms with Gasteiger partial charge < -0.3 is 25.5 Å². The Morgan fingerprint density at radius 2 is 1.87 bits per heavy atom. The van der Waals surface area contributed by atoms with Crippen LogP contribution in [0.3, 0.4) is 0 Å². The van der Waals surface area contributed by atoms with Gasteiger partial charge in [-0.3, -0.25) is 0 Å². The van der Waals surface area contributed by atoms with Gasteiger partial charge in [0.1, 0.15) is 5.54 Å². The number of urea groups is 1. The summed E-state index contributed by atoms with van der Waals surface area (Å²) in [6.45, 7) is 5.82. The Morgan fingerprint density at radius 1 is 1.26 bits per heavy atom. The predicted molar refractivity (Wildman–Crippen MR) is 85.5 cm³/mol. The predicted octanol–water partition coefficient (Wildman–Crippen LogP) is 1.78. The Kier molecular flexibility index (Phi) is 5.84. The van der Waals surface area contributed by atoms with E-state index in [0.29, 0.717) is 12.1 Å². The van der Waals surface area contributed by atoms with Crippen LogP contribution in [0.5, 0.6) is 11.5 Å². The number of hydrogen-bond acceptors (Lipinski definition) is 4. The summed E-state index contributed by atoms with van der Waals surface area (Å²) in [5.74, 6) is -1.54. The van der Waals surface area contributed by atoms with Gasteiger partial charge in [0.25, 0.3) is 0 Å². The van der Waals surface area contributed by atoms with Crippen molar-refractivity contribution < 1.29 is 24.9 Å². The van der Waals surface area contributed by atoms with E-state index in [1.54, 1.807) is 7.05 Å². The van der Waals surface area contributed by atoms with Crippen LogP contribution in [0.4, 0.5) is 4.79 Å². The first-order chi connectivity index (χ1) is 10.5. The Morgan fingerprint density at radius 3 is 2.35 bits per heavy atom. The molecule has 0 heterocycles. The lowest BCUT2D eigenvalue weighted by Gasteiger charge is -2.30. The molecule has 2 amide bonds. The Balaban J connectivity index is 2.92. The first-order valence-electron chi connectivity index (χ1n) is 7.32.